The summed E-state index contributed by atoms with van der Waals surface area (Å²) in [6.07, 6.45) is 0.285. The maximum atomic E-state index is 12.9. The minimum atomic E-state index is -5.13. The van der Waals surface area contributed by atoms with E-state index in [-0.39, 0.29) is 88.1 Å². The highest BCUT2D eigenvalue weighted by atomic mass is 32.2. The number of hydrogen-bond donors (Lipinski definition) is 7. The summed E-state index contributed by atoms with van der Waals surface area (Å²) in [5, 5.41) is 41.7. The van der Waals surface area contributed by atoms with Crippen LogP contribution in [0.4, 0.5) is 45.5 Å². The van der Waals surface area contributed by atoms with E-state index in [1.807, 2.05) is 0 Å². The average Bonchev–Trinajstić information content (AvgIpc) is 3.50. The van der Waals surface area contributed by atoms with Gasteiger partial charge in [0.1, 0.15) is 27.8 Å². The van der Waals surface area contributed by atoms with Crippen molar-refractivity contribution in [3.05, 3.63) is 139 Å². The summed E-state index contributed by atoms with van der Waals surface area (Å²) in [5.74, 6) is -1.68. The van der Waals surface area contributed by atoms with Crippen molar-refractivity contribution in [2.75, 3.05) is 35.8 Å². The van der Waals surface area contributed by atoms with Crippen LogP contribution in [0.1, 0.15) is 35.2 Å². The first kappa shape index (κ1) is 56.8. The van der Waals surface area contributed by atoms with Crippen LogP contribution < -0.4 is 20.5 Å². The highest BCUT2D eigenvalue weighted by Crippen LogP contribution is 2.45. The van der Waals surface area contributed by atoms with Crippen LogP contribution in [0.5, 0.6) is 17.2 Å². The van der Waals surface area contributed by atoms with Gasteiger partial charge in [-0.3, -0.25) is 23.0 Å². The molecular weight excluding hydrogens is 1110 g/mol. The summed E-state index contributed by atoms with van der Waals surface area (Å²) in [4.78, 5) is 11.4. The van der Waals surface area contributed by atoms with Gasteiger partial charge in [-0.25, -0.2) is 0 Å². The highest BCUT2D eigenvalue weighted by molar-refractivity contribution is 7.86. The number of carbonyl (C=O) groups excluding carboxylic acids is 1. The van der Waals surface area contributed by atoms with Gasteiger partial charge in [0.2, 0.25) is 0 Å². The third kappa shape index (κ3) is 14.4. The van der Waals surface area contributed by atoms with Gasteiger partial charge in [-0.15, -0.1) is 25.6 Å². The normalized spacial score (nSPS) is 12.6. The van der Waals surface area contributed by atoms with Crippen molar-refractivity contribution in [2.24, 2.45) is 30.7 Å². The molecule has 8 rings (SSSR count). The van der Waals surface area contributed by atoms with Crippen LogP contribution in [-0.2, 0) is 40.5 Å². The molecule has 0 atom stereocenters. The molecule has 0 radical (unpaired) electrons. The fourth-order valence-electron chi connectivity index (χ4n) is 7.93. The quantitative estimate of drug-likeness (QED) is 0.0152. The topological polar surface area (TPSA) is 385 Å². The number of phenols is 1. The van der Waals surface area contributed by atoms with Crippen LogP contribution in [-0.4, -0.2) is 87.6 Å². The Balaban J connectivity index is 1.13. The number of rotatable bonds is 21. The van der Waals surface area contributed by atoms with Crippen molar-refractivity contribution < 1.29 is 71.3 Å². The summed E-state index contributed by atoms with van der Waals surface area (Å²) in [5.41, 5.74) is 7.31. The summed E-state index contributed by atoms with van der Waals surface area (Å²) >= 11 is 0. The van der Waals surface area contributed by atoms with E-state index in [0.717, 1.165) is 18.2 Å². The summed E-state index contributed by atoms with van der Waals surface area (Å²) < 4.78 is 146. The number of nitrogens with one attached hydrogen (secondary N) is 1. The lowest BCUT2D eigenvalue weighted by atomic mass is 10.1. The van der Waals surface area contributed by atoms with E-state index in [4.69, 9.17) is 19.8 Å². The second-order valence-electron chi connectivity index (χ2n) is 17.5. The number of hydrogen-bond acceptors (Lipinski definition) is 19. The molecule has 0 saturated carbocycles. The lowest BCUT2D eigenvalue weighted by Gasteiger charge is -2.12. The molecule has 0 aliphatic heterocycles. The molecule has 0 heterocycles. The lowest BCUT2D eigenvalue weighted by Crippen LogP contribution is -2.11. The van der Waals surface area contributed by atoms with Gasteiger partial charge in [0.05, 0.1) is 52.4 Å². The van der Waals surface area contributed by atoms with Crippen LogP contribution in [0.15, 0.2) is 168 Å². The first-order valence-electron chi connectivity index (χ1n) is 23.4. The number of azo groups is 3. The minimum absolute atomic E-state index is 0.0116. The Kier molecular flexibility index (Phi) is 16.8. The fraction of sp³-hybridized carbons (Fsp3) is 0.157. The van der Waals surface area contributed by atoms with E-state index in [9.17, 15) is 57.2 Å². The van der Waals surface area contributed by atoms with Crippen molar-refractivity contribution in [1.82, 2.24) is 0 Å². The van der Waals surface area contributed by atoms with Crippen molar-refractivity contribution in [3.63, 3.8) is 0 Å². The predicted octanol–water partition coefficient (Wildman–Crippen LogP) is 11.4. The Hall–Kier alpha value is -8.35. The first-order chi connectivity index (χ1) is 37.3. The largest absolute Gasteiger partial charge is 0.505 e. The number of phenolic OH excluding ortho intramolecular Hbond substituents is 1. The van der Waals surface area contributed by atoms with E-state index in [1.165, 1.54) is 66.7 Å². The monoisotopic (exact) mass is 1150 g/mol. The molecule has 24 nitrogen and oxygen atoms in total. The van der Waals surface area contributed by atoms with Crippen molar-refractivity contribution >= 4 is 124 Å². The molecule has 0 aromatic heterocycles. The van der Waals surface area contributed by atoms with E-state index in [0.29, 0.717) is 39.1 Å². The van der Waals surface area contributed by atoms with Crippen molar-refractivity contribution in [1.29, 1.82) is 0 Å². The zero-order chi connectivity index (χ0) is 56.9. The molecule has 0 saturated heterocycles. The van der Waals surface area contributed by atoms with Crippen molar-refractivity contribution in [3.8, 4) is 17.2 Å². The van der Waals surface area contributed by atoms with Crippen LogP contribution in [0.3, 0.4) is 0 Å². The molecule has 0 aliphatic carbocycles. The van der Waals surface area contributed by atoms with E-state index in [2.05, 4.69) is 36.0 Å². The number of nitrogens with zero attached hydrogens (tertiary/aromatic N) is 6. The molecular formula is C51H46N8O16S4. The molecule has 0 unspecified atom stereocenters. The molecule has 28 heteroatoms. The maximum absolute atomic E-state index is 12.9. The maximum Gasteiger partial charge on any atom is 0.296 e. The molecule has 0 spiro atoms. The number of carbonyl (C=O) groups is 1. The zero-order valence-electron chi connectivity index (χ0n) is 41.2. The van der Waals surface area contributed by atoms with Gasteiger partial charge >= 0.3 is 0 Å². The second kappa shape index (κ2) is 23.3. The smallest absolute Gasteiger partial charge is 0.296 e. The fourth-order valence-corrected chi connectivity index (χ4v) is 10.2. The number of nitrogen functional groups attached to an aromatic ring is 1. The molecule has 8 aromatic rings. The number of fused-ring (bicyclic) bond motifs is 3. The van der Waals surface area contributed by atoms with E-state index >= 15 is 0 Å². The first-order valence-corrected chi connectivity index (χ1v) is 29.5. The standard InChI is InChI=1S/C51H46N8O16S4/c1-30-25-45(47(75-21-4-5-23-76(62,63)64)29-44(30)57-54-42-19-20-46(39-8-3-2-7-37(39)42)74-22-6-24-77(65,66)67)58-55-41-17-18-43(40-28-35(78(68,69)70)14-16-38(40)41)56-59-49-48(79(71,72)73)27-32-26-34(13-15-36(32)50(49)60)53-51(61)31-9-11-33(52)12-10-31/h2-3,7-20,25-29,60H,4-6,21-24,52H2,1H3,(H,53,61)(H,62,63,64)(H,65,66,67)(H,68,69,70)(H,71,72,73). The summed E-state index contributed by atoms with van der Waals surface area (Å²) in [6, 6.07) is 30.9. The SMILES string of the molecule is Cc1cc(N=Nc2ccc(N=Nc3c(S(=O)(=O)O)cc4cc(NC(=O)c5ccc(N)cc5)ccc4c3O)c3cc(S(=O)(=O)O)ccc23)c(OCCCCS(=O)(=O)O)cc1N=Nc1ccc(OCCCS(=O)(=O)O)c2ccccc12. The number of unbranched alkanes of at least 4 members (excludes halogenated alkanes) is 1. The van der Waals surface area contributed by atoms with Crippen LogP contribution >= 0.6 is 0 Å². The van der Waals surface area contributed by atoms with Gasteiger partial charge in [-0.1, -0.05) is 30.3 Å². The average molecular weight is 1160 g/mol. The summed E-state index contributed by atoms with van der Waals surface area (Å²) in [6.45, 7) is 1.67. The number of amides is 1. The molecule has 410 valence electrons. The molecule has 0 fully saturated rings. The minimum Gasteiger partial charge on any atom is -0.505 e. The number of aryl methyl sites for hydroxylation is 1. The van der Waals surface area contributed by atoms with Gasteiger partial charge in [0.25, 0.3) is 46.4 Å². The summed E-state index contributed by atoms with van der Waals surface area (Å²) in [7, 11) is -18.4. The molecule has 8 aromatic carbocycles. The third-order valence-corrected chi connectivity index (χ3v) is 15.1. The zero-order valence-corrected chi connectivity index (χ0v) is 44.5. The van der Waals surface area contributed by atoms with Gasteiger partial charge in [0, 0.05) is 49.9 Å². The van der Waals surface area contributed by atoms with E-state index in [1.54, 1.807) is 49.4 Å². The Morgan fingerprint density at radius 2 is 1.10 bits per heavy atom. The third-order valence-electron chi connectivity index (χ3n) is 11.8. The number of nitrogens with two attached hydrogens (primary N) is 1. The van der Waals surface area contributed by atoms with Crippen LogP contribution in [0, 0.1) is 6.92 Å². The Labute approximate surface area is 451 Å². The number of ether oxygens (including phenoxy) is 2. The van der Waals surface area contributed by atoms with E-state index < -0.39 is 79.1 Å². The van der Waals surface area contributed by atoms with Gasteiger partial charge < -0.3 is 25.6 Å². The predicted molar refractivity (Wildman–Crippen MR) is 293 cm³/mol. The van der Waals surface area contributed by atoms with Gasteiger partial charge in [-0.2, -0.15) is 38.8 Å². The Morgan fingerprint density at radius 3 is 1.77 bits per heavy atom. The van der Waals surface area contributed by atoms with Crippen LogP contribution in [0.25, 0.3) is 32.3 Å². The Bertz CT molecular complexity index is 4280. The van der Waals surface area contributed by atoms with Crippen LogP contribution in [0.2, 0.25) is 0 Å². The molecule has 79 heavy (non-hydrogen) atoms. The van der Waals surface area contributed by atoms with Gasteiger partial charge in [-0.05, 0) is 128 Å². The lowest BCUT2D eigenvalue weighted by molar-refractivity contribution is 0.102. The Morgan fingerprint density at radius 1 is 0.532 bits per heavy atom. The number of anilines is 2. The van der Waals surface area contributed by atoms with Crippen molar-refractivity contribution in [2.45, 2.75) is 36.0 Å². The number of benzene rings is 8. The number of aromatic hydroxyl groups is 1. The highest BCUT2D eigenvalue weighted by Gasteiger charge is 2.24. The van der Waals surface area contributed by atoms with Gasteiger partial charge in [0.15, 0.2) is 5.75 Å². The molecule has 1 amide bonds. The second-order valence-corrected chi connectivity index (χ2v) is 23.5. The molecule has 8 N–H and O–H groups in total. The molecule has 0 aliphatic rings. The molecule has 0 bridgehead atoms.